The quantitative estimate of drug-likeness (QED) is 0.723. The molecule has 0 saturated carbocycles. The van der Waals surface area contributed by atoms with E-state index in [1.165, 1.54) is 0 Å². The molecule has 0 bridgehead atoms. The van der Waals surface area contributed by atoms with Crippen molar-refractivity contribution in [3.8, 4) is 0 Å². The number of aliphatic carboxylic acids is 1. The zero-order valence-electron chi connectivity index (χ0n) is 8.56. The fraction of sp³-hybridized carbons (Fsp3) is 0.778. The summed E-state index contributed by atoms with van der Waals surface area (Å²) in [6.45, 7) is 3.19. The average molecular weight is 200 g/mol. The van der Waals surface area contributed by atoms with Gasteiger partial charge in [-0.2, -0.15) is 0 Å². The van der Waals surface area contributed by atoms with Crippen LogP contribution in [0.25, 0.3) is 0 Å². The van der Waals surface area contributed by atoms with E-state index in [4.69, 9.17) is 5.11 Å². The average Bonchev–Trinajstić information content (AvgIpc) is 2.39. The maximum atomic E-state index is 11.5. The third-order valence-corrected chi connectivity index (χ3v) is 2.53. The minimum atomic E-state index is -0.803. The number of carbonyl (C=O) groups excluding carboxylic acids is 1. The van der Waals surface area contributed by atoms with Gasteiger partial charge in [0.15, 0.2) is 0 Å². The first kappa shape index (κ1) is 10.8. The van der Waals surface area contributed by atoms with E-state index in [-0.39, 0.29) is 18.5 Å². The van der Waals surface area contributed by atoms with E-state index in [0.717, 1.165) is 0 Å². The van der Waals surface area contributed by atoms with Gasteiger partial charge >= 0.3 is 12.0 Å². The number of hydrogen-bond donors (Lipinski definition) is 1. The van der Waals surface area contributed by atoms with Gasteiger partial charge in [-0.15, -0.1) is 0 Å². The molecule has 14 heavy (non-hydrogen) atoms. The van der Waals surface area contributed by atoms with Crippen LogP contribution in [0.5, 0.6) is 0 Å². The summed E-state index contributed by atoms with van der Waals surface area (Å²) < 4.78 is 0. The number of rotatable bonds is 4. The Morgan fingerprint density at radius 2 is 2.29 bits per heavy atom. The summed E-state index contributed by atoms with van der Waals surface area (Å²) in [5.74, 6) is -0.803. The largest absolute Gasteiger partial charge is 0.481 e. The number of carboxylic acids is 1. The van der Waals surface area contributed by atoms with Crippen LogP contribution in [0.3, 0.4) is 0 Å². The molecule has 1 unspecified atom stereocenters. The van der Waals surface area contributed by atoms with E-state index in [1.807, 2.05) is 6.92 Å². The molecule has 5 heteroatoms. The normalized spacial score (nSPS) is 21.9. The SMILES string of the molecule is CCN1C(=O)N(C)CC1CCC(=O)O. The van der Waals surface area contributed by atoms with E-state index < -0.39 is 5.97 Å². The zero-order valence-corrected chi connectivity index (χ0v) is 8.56. The van der Waals surface area contributed by atoms with Gasteiger partial charge in [-0.1, -0.05) is 0 Å². The van der Waals surface area contributed by atoms with Crippen molar-refractivity contribution in [3.63, 3.8) is 0 Å². The van der Waals surface area contributed by atoms with Crippen LogP contribution in [0, 0.1) is 0 Å². The topological polar surface area (TPSA) is 60.9 Å². The van der Waals surface area contributed by atoms with Crippen LogP contribution in [0.4, 0.5) is 4.79 Å². The Morgan fingerprint density at radius 1 is 1.64 bits per heavy atom. The lowest BCUT2D eigenvalue weighted by Gasteiger charge is -2.20. The molecule has 1 rings (SSSR count). The molecule has 0 aromatic carbocycles. The fourth-order valence-electron chi connectivity index (χ4n) is 1.80. The molecule has 1 aliphatic rings. The van der Waals surface area contributed by atoms with Crippen LogP contribution in [0.15, 0.2) is 0 Å². The zero-order chi connectivity index (χ0) is 10.7. The maximum Gasteiger partial charge on any atom is 0.320 e. The standard InChI is InChI=1S/C9H16N2O3/c1-3-11-7(4-5-8(12)13)6-10(2)9(11)14/h7H,3-6H2,1-2H3,(H,12,13). The Kier molecular flexibility index (Phi) is 3.33. The van der Waals surface area contributed by atoms with Gasteiger partial charge in [-0.3, -0.25) is 4.79 Å². The number of carboxylic acid groups (broad SMARTS) is 1. The van der Waals surface area contributed by atoms with Crippen LogP contribution in [0.1, 0.15) is 19.8 Å². The molecule has 1 N–H and O–H groups in total. The van der Waals surface area contributed by atoms with Crippen molar-refractivity contribution in [2.75, 3.05) is 20.1 Å². The number of nitrogens with zero attached hydrogens (tertiary/aromatic N) is 2. The third-order valence-electron chi connectivity index (χ3n) is 2.53. The summed E-state index contributed by atoms with van der Waals surface area (Å²) in [5.41, 5.74) is 0. The number of likely N-dealkylation sites (N-methyl/N-ethyl adjacent to an activating group) is 2. The lowest BCUT2D eigenvalue weighted by Crippen LogP contribution is -2.34. The van der Waals surface area contributed by atoms with E-state index in [0.29, 0.717) is 19.5 Å². The Hall–Kier alpha value is -1.26. The summed E-state index contributed by atoms with van der Waals surface area (Å²) in [6.07, 6.45) is 0.668. The Morgan fingerprint density at radius 3 is 2.79 bits per heavy atom. The molecule has 1 saturated heterocycles. The molecule has 2 amide bonds. The molecule has 0 aliphatic carbocycles. The van der Waals surface area contributed by atoms with Crippen LogP contribution < -0.4 is 0 Å². The van der Waals surface area contributed by atoms with Gasteiger partial charge in [0, 0.05) is 26.6 Å². The highest BCUT2D eigenvalue weighted by atomic mass is 16.4. The third kappa shape index (κ3) is 2.16. The van der Waals surface area contributed by atoms with E-state index in [9.17, 15) is 9.59 Å². The van der Waals surface area contributed by atoms with Gasteiger partial charge in [0.2, 0.25) is 0 Å². The lowest BCUT2D eigenvalue weighted by molar-refractivity contribution is -0.137. The molecule has 5 nitrogen and oxygen atoms in total. The van der Waals surface area contributed by atoms with Crippen molar-refractivity contribution in [3.05, 3.63) is 0 Å². The molecule has 1 fully saturated rings. The molecular formula is C9H16N2O3. The van der Waals surface area contributed by atoms with Gasteiger partial charge in [0.25, 0.3) is 0 Å². The molecule has 0 aromatic rings. The lowest BCUT2D eigenvalue weighted by atomic mass is 10.1. The molecular weight excluding hydrogens is 184 g/mol. The number of carbonyl (C=O) groups is 2. The van der Waals surface area contributed by atoms with Crippen LogP contribution in [-0.2, 0) is 4.79 Å². The van der Waals surface area contributed by atoms with Gasteiger partial charge in [0.1, 0.15) is 0 Å². The van der Waals surface area contributed by atoms with Gasteiger partial charge < -0.3 is 14.9 Å². The monoisotopic (exact) mass is 200 g/mol. The summed E-state index contributed by atoms with van der Waals surface area (Å²) in [6, 6.07) is 0.0662. The van der Waals surface area contributed by atoms with Crippen molar-refractivity contribution < 1.29 is 14.7 Å². The summed E-state index contributed by atoms with van der Waals surface area (Å²) in [7, 11) is 1.74. The summed E-state index contributed by atoms with van der Waals surface area (Å²) >= 11 is 0. The number of urea groups is 1. The first-order chi connectivity index (χ1) is 6.56. The minimum Gasteiger partial charge on any atom is -0.481 e. The Balaban J connectivity index is 2.52. The molecule has 80 valence electrons. The second kappa shape index (κ2) is 4.30. The highest BCUT2D eigenvalue weighted by Crippen LogP contribution is 2.17. The first-order valence-corrected chi connectivity index (χ1v) is 4.79. The van der Waals surface area contributed by atoms with Gasteiger partial charge in [-0.25, -0.2) is 4.79 Å². The molecule has 0 spiro atoms. The highest BCUT2D eigenvalue weighted by molar-refractivity contribution is 5.77. The maximum absolute atomic E-state index is 11.5. The van der Waals surface area contributed by atoms with Gasteiger partial charge in [0.05, 0.1) is 6.04 Å². The van der Waals surface area contributed by atoms with Crippen molar-refractivity contribution in [2.24, 2.45) is 0 Å². The second-order valence-corrected chi connectivity index (χ2v) is 3.54. The van der Waals surface area contributed by atoms with Crippen LogP contribution in [0.2, 0.25) is 0 Å². The minimum absolute atomic E-state index is 0.00267. The summed E-state index contributed by atoms with van der Waals surface area (Å²) in [4.78, 5) is 25.3. The second-order valence-electron chi connectivity index (χ2n) is 3.54. The van der Waals surface area contributed by atoms with E-state index in [2.05, 4.69) is 0 Å². The number of hydrogen-bond acceptors (Lipinski definition) is 2. The molecule has 0 radical (unpaired) electrons. The molecule has 1 atom stereocenters. The Labute approximate surface area is 83.3 Å². The predicted molar refractivity (Wildman–Crippen MR) is 51.1 cm³/mol. The number of amides is 2. The van der Waals surface area contributed by atoms with Crippen LogP contribution in [-0.4, -0.2) is 53.1 Å². The smallest absolute Gasteiger partial charge is 0.320 e. The molecule has 1 aliphatic heterocycles. The van der Waals surface area contributed by atoms with Crippen molar-refractivity contribution in [2.45, 2.75) is 25.8 Å². The van der Waals surface area contributed by atoms with Crippen molar-refractivity contribution in [1.29, 1.82) is 0 Å². The van der Waals surface area contributed by atoms with Crippen molar-refractivity contribution >= 4 is 12.0 Å². The highest BCUT2D eigenvalue weighted by Gasteiger charge is 2.33. The summed E-state index contributed by atoms with van der Waals surface area (Å²) in [5, 5.41) is 8.55. The van der Waals surface area contributed by atoms with E-state index in [1.54, 1.807) is 16.8 Å². The van der Waals surface area contributed by atoms with E-state index >= 15 is 0 Å². The van der Waals surface area contributed by atoms with Gasteiger partial charge in [-0.05, 0) is 13.3 Å². The Bertz CT molecular complexity index is 242. The fourth-order valence-corrected chi connectivity index (χ4v) is 1.80. The molecule has 1 heterocycles. The van der Waals surface area contributed by atoms with Crippen LogP contribution >= 0.6 is 0 Å². The predicted octanol–water partition coefficient (Wildman–Crippen LogP) is 0.607. The molecule has 0 aromatic heterocycles. The van der Waals surface area contributed by atoms with Crippen molar-refractivity contribution in [1.82, 2.24) is 9.80 Å². The first-order valence-electron chi connectivity index (χ1n) is 4.79.